The molecule has 0 atom stereocenters. The summed E-state index contributed by atoms with van der Waals surface area (Å²) in [4.78, 5) is 30.2. The number of carbonyl (C=O) groups is 1. The Morgan fingerprint density at radius 1 is 1.34 bits per heavy atom. The van der Waals surface area contributed by atoms with E-state index in [0.717, 1.165) is 18.7 Å². The van der Waals surface area contributed by atoms with Gasteiger partial charge in [0.05, 0.1) is 22.9 Å². The molecule has 1 heterocycles. The molecule has 5 N–H and O–H groups in total. The average molecular weight is 508 g/mol. The number of nitrogens with zero attached hydrogens (tertiary/aromatic N) is 1. The van der Waals surface area contributed by atoms with E-state index in [0.29, 0.717) is 30.7 Å². The summed E-state index contributed by atoms with van der Waals surface area (Å²) in [5.74, 6) is -2.98. The molecule has 2 aromatic rings. The lowest BCUT2D eigenvalue weighted by molar-refractivity contribution is -0.0107. The summed E-state index contributed by atoms with van der Waals surface area (Å²) in [5.41, 5.74) is -2.03. The molecule has 188 valence electrons. The average Bonchev–Trinajstić information content (AvgIpc) is 2.78. The fourth-order valence-corrected chi connectivity index (χ4v) is 4.63. The second-order valence-electron chi connectivity index (χ2n) is 8.11. The van der Waals surface area contributed by atoms with Gasteiger partial charge in [0.2, 0.25) is 5.43 Å². The molecule has 1 aromatic heterocycles. The number of methoxy groups -OCH3 is 1. The first-order valence-electron chi connectivity index (χ1n) is 10.9. The van der Waals surface area contributed by atoms with Gasteiger partial charge in [0.25, 0.3) is 5.91 Å². The first-order valence-corrected chi connectivity index (χ1v) is 11.7. The predicted molar refractivity (Wildman–Crippen MR) is 129 cm³/mol. The molecule has 12 heteroatoms. The number of aromatic amines is 1. The number of halogens is 2. The van der Waals surface area contributed by atoms with Crippen LogP contribution in [-0.2, 0) is 11.2 Å². The number of H-pyrrole nitrogens is 1. The van der Waals surface area contributed by atoms with Crippen molar-refractivity contribution in [2.75, 3.05) is 27.3 Å². The number of rotatable bonds is 9. The van der Waals surface area contributed by atoms with Gasteiger partial charge in [-0.25, -0.2) is 8.78 Å². The first-order chi connectivity index (χ1) is 16.6. The van der Waals surface area contributed by atoms with Crippen LogP contribution >= 0.6 is 11.8 Å². The normalized spacial score (nSPS) is 14.3. The van der Waals surface area contributed by atoms with Crippen LogP contribution in [0, 0.1) is 22.5 Å². The van der Waals surface area contributed by atoms with Gasteiger partial charge >= 0.3 is 0 Å². The van der Waals surface area contributed by atoms with Crippen LogP contribution in [-0.4, -0.2) is 64.0 Å². The summed E-state index contributed by atoms with van der Waals surface area (Å²) in [5, 5.41) is 29.4. The Balaban J connectivity index is 1.79. The number of hydrogen-bond acceptors (Lipinski definition) is 8. The zero-order valence-electron chi connectivity index (χ0n) is 19.3. The number of hydrogen-bond donors (Lipinski definition) is 5. The van der Waals surface area contributed by atoms with Crippen LogP contribution in [0.1, 0.15) is 40.9 Å². The number of aromatic hydroxyl groups is 1. The van der Waals surface area contributed by atoms with Crippen molar-refractivity contribution in [2.24, 2.45) is 0 Å². The topological polar surface area (TPSA) is 142 Å². The maximum atomic E-state index is 13.9. The van der Waals surface area contributed by atoms with E-state index >= 15 is 0 Å². The summed E-state index contributed by atoms with van der Waals surface area (Å²) in [7, 11) is 3.25. The third-order valence-corrected chi connectivity index (χ3v) is 6.85. The summed E-state index contributed by atoms with van der Waals surface area (Å²) in [6, 6.07) is 2.98. The molecular formula is C23H27F2N5O4S. The summed E-state index contributed by atoms with van der Waals surface area (Å²) >= 11 is 0.589. The Hall–Kier alpha value is -3.09. The second-order valence-corrected chi connectivity index (χ2v) is 9.21. The Labute approximate surface area is 204 Å². The molecule has 3 rings (SSSR count). The largest absolute Gasteiger partial charge is 0.503 e. The number of amides is 1. The van der Waals surface area contributed by atoms with Gasteiger partial charge in [-0.05, 0) is 37.9 Å². The molecule has 1 amide bonds. The van der Waals surface area contributed by atoms with E-state index in [4.69, 9.17) is 15.6 Å². The summed E-state index contributed by atoms with van der Waals surface area (Å²) in [6.45, 7) is 0.498. The highest BCUT2D eigenvalue weighted by Gasteiger charge is 2.44. The van der Waals surface area contributed by atoms with Gasteiger partial charge in [0.1, 0.15) is 16.7 Å². The van der Waals surface area contributed by atoms with Gasteiger partial charge in [-0.3, -0.25) is 25.7 Å². The number of ether oxygens (including phenoxy) is 1. The molecule has 1 aliphatic rings. The standard InChI is InChI=1S/C23H27F2N5O4S/c1-28-23(6-3-7-23)30(8-9-34-2)22(33)18-20(32)19(31)15(12-29-18)21(27)35-17(26)10-13-4-5-14(24)11-16(13)25/h4-5,11-12,26-28,32H,3,6-10H2,1-2H3,(H,29,31). The summed E-state index contributed by atoms with van der Waals surface area (Å²) in [6.07, 6.45) is 3.26. The Morgan fingerprint density at radius 3 is 2.63 bits per heavy atom. The Kier molecular flexibility index (Phi) is 8.41. The van der Waals surface area contributed by atoms with Gasteiger partial charge < -0.3 is 19.7 Å². The number of carbonyl (C=O) groups excluding carboxylic acids is 1. The van der Waals surface area contributed by atoms with E-state index in [9.17, 15) is 23.5 Å². The molecule has 0 aliphatic heterocycles. The van der Waals surface area contributed by atoms with Crippen LogP contribution in [0.4, 0.5) is 8.78 Å². The van der Waals surface area contributed by atoms with Crippen molar-refractivity contribution in [1.29, 1.82) is 10.8 Å². The monoisotopic (exact) mass is 507 g/mol. The minimum absolute atomic E-state index is 0.0695. The fourth-order valence-electron chi connectivity index (χ4n) is 3.90. The molecule has 1 aromatic carbocycles. The molecule has 0 spiro atoms. The Morgan fingerprint density at radius 2 is 2.06 bits per heavy atom. The predicted octanol–water partition coefficient (Wildman–Crippen LogP) is 2.83. The van der Waals surface area contributed by atoms with Crippen LogP contribution in [0.3, 0.4) is 0 Å². The van der Waals surface area contributed by atoms with Crippen molar-refractivity contribution in [2.45, 2.75) is 31.3 Å². The van der Waals surface area contributed by atoms with Crippen LogP contribution in [0.2, 0.25) is 0 Å². The van der Waals surface area contributed by atoms with Crippen LogP contribution in [0.5, 0.6) is 5.75 Å². The first kappa shape index (κ1) is 26.5. The quantitative estimate of drug-likeness (QED) is 0.201. The Bertz CT molecular complexity index is 1190. The molecule has 9 nitrogen and oxygen atoms in total. The minimum atomic E-state index is -0.941. The van der Waals surface area contributed by atoms with Crippen LogP contribution < -0.4 is 10.7 Å². The van der Waals surface area contributed by atoms with Gasteiger partial charge in [-0.1, -0.05) is 17.8 Å². The molecule has 1 aliphatic carbocycles. The van der Waals surface area contributed by atoms with Crippen molar-refractivity contribution in [1.82, 2.24) is 15.2 Å². The number of aromatic nitrogens is 1. The second kappa shape index (κ2) is 11.1. The molecule has 0 radical (unpaired) electrons. The highest BCUT2D eigenvalue weighted by molar-refractivity contribution is 8.26. The van der Waals surface area contributed by atoms with E-state index in [-0.39, 0.29) is 46.5 Å². The van der Waals surface area contributed by atoms with Gasteiger partial charge in [0.15, 0.2) is 11.4 Å². The number of nitrogens with one attached hydrogen (secondary N) is 4. The molecule has 0 saturated heterocycles. The molecule has 35 heavy (non-hydrogen) atoms. The van der Waals surface area contributed by atoms with Crippen molar-refractivity contribution in [3.05, 3.63) is 63.1 Å². The van der Waals surface area contributed by atoms with E-state index in [1.54, 1.807) is 7.05 Å². The minimum Gasteiger partial charge on any atom is -0.503 e. The number of benzene rings is 1. The van der Waals surface area contributed by atoms with Crippen LogP contribution in [0.15, 0.2) is 29.2 Å². The maximum absolute atomic E-state index is 13.9. The number of pyridine rings is 1. The van der Waals surface area contributed by atoms with E-state index in [1.165, 1.54) is 18.1 Å². The fraction of sp³-hybridized carbons (Fsp3) is 0.391. The highest BCUT2D eigenvalue weighted by Crippen LogP contribution is 2.36. The molecule has 1 fully saturated rings. The molecule has 0 unspecified atom stereocenters. The lowest BCUT2D eigenvalue weighted by Gasteiger charge is -2.50. The highest BCUT2D eigenvalue weighted by atomic mass is 32.2. The van der Waals surface area contributed by atoms with Crippen molar-refractivity contribution < 1.29 is 23.4 Å². The van der Waals surface area contributed by atoms with Gasteiger partial charge in [0, 0.05) is 32.3 Å². The van der Waals surface area contributed by atoms with Gasteiger partial charge in [-0.15, -0.1) is 0 Å². The molecule has 0 bridgehead atoms. The number of thioether (sulfide) groups is 1. The van der Waals surface area contributed by atoms with E-state index < -0.39 is 34.4 Å². The molecule has 1 saturated carbocycles. The summed E-state index contributed by atoms with van der Waals surface area (Å²) < 4.78 is 32.0. The third kappa shape index (κ3) is 5.60. The van der Waals surface area contributed by atoms with E-state index in [1.807, 2.05) is 0 Å². The zero-order chi connectivity index (χ0) is 25.8. The lowest BCUT2D eigenvalue weighted by atomic mass is 9.83. The van der Waals surface area contributed by atoms with Crippen molar-refractivity contribution in [3.63, 3.8) is 0 Å². The maximum Gasteiger partial charge on any atom is 0.275 e. The van der Waals surface area contributed by atoms with Crippen LogP contribution in [0.25, 0.3) is 0 Å². The van der Waals surface area contributed by atoms with Gasteiger partial charge in [-0.2, -0.15) is 0 Å². The van der Waals surface area contributed by atoms with E-state index in [2.05, 4.69) is 10.3 Å². The smallest absolute Gasteiger partial charge is 0.275 e. The lowest BCUT2D eigenvalue weighted by Crippen LogP contribution is -2.64. The zero-order valence-corrected chi connectivity index (χ0v) is 20.2. The third-order valence-electron chi connectivity index (χ3n) is 6.03. The van der Waals surface area contributed by atoms with Crippen molar-refractivity contribution in [3.8, 4) is 5.75 Å². The molecular weight excluding hydrogens is 480 g/mol. The SMILES string of the molecule is CNC1(N(CCOC)C(=O)c2[nH]cc(C(=N)SC(=N)Cc3ccc(F)cc3F)c(=O)c2O)CCC1. The van der Waals surface area contributed by atoms with Crippen molar-refractivity contribution >= 4 is 27.8 Å².